The molecular formula is C35H51N3O21. The fourth-order valence-corrected chi connectivity index (χ4v) is 6.73. The van der Waals surface area contributed by atoms with Crippen LogP contribution in [0.4, 0.5) is 0 Å². The molecule has 3 aliphatic rings. The normalized spacial score (nSPS) is 36.2. The monoisotopic (exact) mass is 849 g/mol. The fourth-order valence-electron chi connectivity index (χ4n) is 6.73. The first kappa shape index (κ1) is 46.7. The molecule has 16 atom stereocenters. The van der Waals surface area contributed by atoms with Gasteiger partial charge in [0.25, 0.3) is 5.79 Å². The van der Waals surface area contributed by atoms with Crippen LogP contribution in [0.1, 0.15) is 29.4 Å². The fraction of sp³-hybridized carbons (Fsp3) is 0.714. The summed E-state index contributed by atoms with van der Waals surface area (Å²) in [5.41, 5.74) is 1.08. The molecule has 2 aromatic rings. The molecule has 3 saturated heterocycles. The maximum Gasteiger partial charge on any atom is 0.364 e. The van der Waals surface area contributed by atoms with E-state index in [1.54, 1.807) is 12.1 Å². The van der Waals surface area contributed by atoms with Crippen molar-refractivity contribution in [1.29, 1.82) is 0 Å². The number of aliphatic hydroxyl groups is 10. The number of rotatable bonds is 18. The third-order valence-electron chi connectivity index (χ3n) is 10.3. The van der Waals surface area contributed by atoms with Gasteiger partial charge in [0, 0.05) is 19.4 Å². The molecule has 1 aromatic heterocycles. The van der Waals surface area contributed by atoms with Crippen molar-refractivity contribution in [1.82, 2.24) is 15.0 Å². The van der Waals surface area contributed by atoms with E-state index in [2.05, 4.69) is 10.3 Å². The Morgan fingerprint density at radius 3 is 2.25 bits per heavy atom. The lowest BCUT2D eigenvalue weighted by Gasteiger charge is -2.47. The Morgan fingerprint density at radius 2 is 1.61 bits per heavy atom. The van der Waals surface area contributed by atoms with Gasteiger partial charge >= 0.3 is 11.9 Å². The number of aromatic nitrogens is 3. The summed E-state index contributed by atoms with van der Waals surface area (Å²) < 4.78 is 45.2. The van der Waals surface area contributed by atoms with E-state index in [-0.39, 0.29) is 25.4 Å². The first-order valence-electron chi connectivity index (χ1n) is 18.5. The summed E-state index contributed by atoms with van der Waals surface area (Å²) in [7, 11) is 1.47. The summed E-state index contributed by atoms with van der Waals surface area (Å²) in [6.45, 7) is -1.27. The van der Waals surface area contributed by atoms with Gasteiger partial charge in [-0.05, 0) is 24.3 Å². The molecule has 3 aliphatic heterocycles. The zero-order chi connectivity index (χ0) is 43.2. The van der Waals surface area contributed by atoms with Crippen molar-refractivity contribution in [3.8, 4) is 5.69 Å². The molecule has 5 unspecified atom stereocenters. The standard InChI is InChI=1S/C35H51N3O21/c1-15-19(41)9-35(34(50)51,59-29(15)23(43)20(42)11-39)55-14-22-24(44)25(45)27(47)33(57-22)58-30-21(12-40)56-32(28(48)26(30)46)54-13-18-10-36-37-38(18)17-5-3-16(4-6-17)31(49)53-8-7-52-2/h3-6,10,15,19-30,32-33,39-48H,7-9,11-14H2,1-2H3,(H,50,51)/t15-,19-,20-,21+,22?,23-,24+,25+,26?,27?,28?,29?,30-,32-,33+,35-/m1/s1. The lowest BCUT2D eigenvalue weighted by Crippen LogP contribution is -2.65. The van der Waals surface area contributed by atoms with Crippen LogP contribution in [0.5, 0.6) is 0 Å². The van der Waals surface area contributed by atoms with E-state index < -0.39 is 136 Å². The van der Waals surface area contributed by atoms with Crippen LogP contribution >= 0.6 is 0 Å². The third kappa shape index (κ3) is 10.4. The molecule has 24 nitrogen and oxygen atoms in total. The maximum atomic E-state index is 12.5. The number of carboxylic acids is 1. The van der Waals surface area contributed by atoms with Crippen molar-refractivity contribution < 1.29 is 104 Å². The van der Waals surface area contributed by atoms with E-state index in [0.717, 1.165) is 0 Å². The highest BCUT2D eigenvalue weighted by atomic mass is 16.8. The molecule has 1 aromatic carbocycles. The number of aliphatic carboxylic acids is 1. The van der Waals surface area contributed by atoms with Crippen LogP contribution in [0, 0.1) is 5.92 Å². The smallest absolute Gasteiger partial charge is 0.364 e. The Hall–Kier alpha value is -3.38. The number of hydrogen-bond acceptors (Lipinski definition) is 22. The molecule has 0 amide bonds. The Balaban J connectivity index is 1.22. The van der Waals surface area contributed by atoms with E-state index in [1.165, 1.54) is 37.0 Å². The molecule has 24 heteroatoms. The van der Waals surface area contributed by atoms with Crippen molar-refractivity contribution in [2.24, 2.45) is 5.92 Å². The van der Waals surface area contributed by atoms with Crippen molar-refractivity contribution in [2.45, 2.75) is 112 Å². The topological polar surface area (TPSA) is 361 Å². The number of nitrogens with zero attached hydrogens (tertiary/aromatic N) is 3. The molecule has 0 spiro atoms. The summed E-state index contributed by atoms with van der Waals surface area (Å²) in [6, 6.07) is 6.16. The van der Waals surface area contributed by atoms with E-state index in [1.807, 2.05) is 0 Å². The Kier molecular flexibility index (Phi) is 16.2. The highest BCUT2D eigenvalue weighted by Crippen LogP contribution is 2.38. The molecule has 11 N–H and O–H groups in total. The van der Waals surface area contributed by atoms with Gasteiger partial charge < -0.3 is 94.1 Å². The lowest BCUT2D eigenvalue weighted by molar-refractivity contribution is -0.369. The maximum absolute atomic E-state index is 12.5. The minimum atomic E-state index is -2.71. The van der Waals surface area contributed by atoms with Crippen molar-refractivity contribution in [3.05, 3.63) is 41.7 Å². The largest absolute Gasteiger partial charge is 0.477 e. The van der Waals surface area contributed by atoms with Crippen LogP contribution in [0.3, 0.4) is 0 Å². The Morgan fingerprint density at radius 1 is 0.932 bits per heavy atom. The van der Waals surface area contributed by atoms with Gasteiger partial charge in [-0.1, -0.05) is 12.1 Å². The highest BCUT2D eigenvalue weighted by molar-refractivity contribution is 5.89. The second-order valence-corrected chi connectivity index (χ2v) is 14.3. The first-order valence-corrected chi connectivity index (χ1v) is 18.5. The Bertz CT molecular complexity index is 1650. The minimum absolute atomic E-state index is 0.0739. The summed E-state index contributed by atoms with van der Waals surface area (Å²) in [5, 5.41) is 123. The molecule has 59 heavy (non-hydrogen) atoms. The molecule has 0 radical (unpaired) electrons. The number of hydrogen-bond donors (Lipinski definition) is 11. The molecule has 0 aliphatic carbocycles. The van der Waals surface area contributed by atoms with Gasteiger partial charge in [-0.25, -0.2) is 14.3 Å². The highest BCUT2D eigenvalue weighted by Gasteiger charge is 2.56. The van der Waals surface area contributed by atoms with E-state index in [4.69, 9.17) is 37.9 Å². The van der Waals surface area contributed by atoms with Crippen LogP contribution in [0.25, 0.3) is 5.69 Å². The number of aliphatic hydroxyl groups excluding tert-OH is 10. The molecule has 0 saturated carbocycles. The van der Waals surface area contributed by atoms with Gasteiger partial charge in [-0.3, -0.25) is 0 Å². The van der Waals surface area contributed by atoms with Crippen molar-refractivity contribution in [2.75, 3.05) is 40.1 Å². The number of carbonyl (C=O) groups excluding carboxylic acids is 1. The van der Waals surface area contributed by atoms with Gasteiger partial charge in [0.1, 0.15) is 67.6 Å². The van der Waals surface area contributed by atoms with Crippen LogP contribution < -0.4 is 0 Å². The van der Waals surface area contributed by atoms with Gasteiger partial charge in [0.05, 0.1) is 68.4 Å². The summed E-state index contributed by atoms with van der Waals surface area (Å²) in [5.74, 6) is -6.01. The summed E-state index contributed by atoms with van der Waals surface area (Å²) in [4.78, 5) is 24.7. The van der Waals surface area contributed by atoms with Crippen molar-refractivity contribution >= 4 is 11.9 Å². The third-order valence-corrected chi connectivity index (χ3v) is 10.3. The summed E-state index contributed by atoms with van der Waals surface area (Å²) >= 11 is 0. The molecule has 0 bridgehead atoms. The van der Waals surface area contributed by atoms with E-state index in [0.29, 0.717) is 11.4 Å². The average Bonchev–Trinajstić information content (AvgIpc) is 3.71. The number of carboxylic acid groups (broad SMARTS) is 1. The zero-order valence-corrected chi connectivity index (χ0v) is 31.8. The second-order valence-electron chi connectivity index (χ2n) is 14.3. The number of carbonyl (C=O) groups is 2. The number of methoxy groups -OCH3 is 1. The van der Waals surface area contributed by atoms with Gasteiger partial charge in [-0.15, -0.1) is 5.10 Å². The number of esters is 1. The van der Waals surface area contributed by atoms with Gasteiger partial charge in [0.15, 0.2) is 12.6 Å². The number of benzene rings is 1. The van der Waals surface area contributed by atoms with E-state index >= 15 is 0 Å². The molecule has 332 valence electrons. The van der Waals surface area contributed by atoms with Crippen LogP contribution in [-0.4, -0.2) is 215 Å². The quantitative estimate of drug-likeness (QED) is 0.0492. The minimum Gasteiger partial charge on any atom is -0.477 e. The SMILES string of the molecule is COCCOC(=O)c1ccc(-n2nncc2CO[C@@H]2O[C@@H](CO)[C@@H](O[C@@H]3OC(CO[C@]4(C(=O)O)C[C@@H](O)[C@@H](C)C([C@H](O)[C@H](O)CO)O4)[C@H](O)[C@H](O)C3O)C(O)C2O)cc1. The zero-order valence-electron chi connectivity index (χ0n) is 31.8. The first-order chi connectivity index (χ1) is 28.1. The van der Waals surface area contributed by atoms with Crippen molar-refractivity contribution in [3.63, 3.8) is 0 Å². The number of ether oxygens (including phenoxy) is 8. The predicted octanol–water partition coefficient (Wildman–Crippen LogP) is -5.48. The van der Waals surface area contributed by atoms with Crippen LogP contribution in [0.2, 0.25) is 0 Å². The predicted molar refractivity (Wildman–Crippen MR) is 188 cm³/mol. The summed E-state index contributed by atoms with van der Waals surface area (Å²) in [6.07, 6.45) is -24.1. The molecule has 4 heterocycles. The average molecular weight is 850 g/mol. The lowest BCUT2D eigenvalue weighted by atomic mass is 9.84. The second kappa shape index (κ2) is 20.5. The van der Waals surface area contributed by atoms with E-state index in [9.17, 15) is 65.8 Å². The van der Waals surface area contributed by atoms with Crippen LogP contribution in [0.15, 0.2) is 30.5 Å². The molecular weight excluding hydrogens is 798 g/mol. The van der Waals surface area contributed by atoms with Gasteiger partial charge in [0.2, 0.25) is 0 Å². The molecule has 3 fully saturated rings. The van der Waals surface area contributed by atoms with Gasteiger partial charge in [-0.2, -0.15) is 0 Å². The Labute approximate surface area is 335 Å². The van der Waals surface area contributed by atoms with Crippen LogP contribution in [-0.2, 0) is 49.3 Å². The molecule has 5 rings (SSSR count).